The molecular weight excluding hydrogens is 325 g/mol. The number of amides is 2. The van der Waals surface area contributed by atoms with Gasteiger partial charge in [0, 0.05) is 19.5 Å². The van der Waals surface area contributed by atoms with Gasteiger partial charge in [0.15, 0.2) is 0 Å². The minimum absolute atomic E-state index is 0.108. The Morgan fingerprint density at radius 2 is 2.04 bits per heavy atom. The summed E-state index contributed by atoms with van der Waals surface area (Å²) in [6, 6.07) is 5.19. The van der Waals surface area contributed by atoms with Crippen molar-refractivity contribution in [2.45, 2.75) is 31.5 Å². The van der Waals surface area contributed by atoms with Gasteiger partial charge in [-0.2, -0.15) is 13.2 Å². The van der Waals surface area contributed by atoms with Gasteiger partial charge in [-0.1, -0.05) is 29.8 Å². The molecule has 0 radical (unpaired) electrons. The molecule has 1 aromatic carbocycles. The van der Waals surface area contributed by atoms with E-state index in [1.165, 1.54) is 0 Å². The number of aliphatic carboxylic acids is 1. The second-order valence-electron chi connectivity index (χ2n) is 6.04. The molecule has 132 valence electrons. The minimum Gasteiger partial charge on any atom is -0.480 e. The zero-order valence-corrected chi connectivity index (χ0v) is 13.4. The summed E-state index contributed by atoms with van der Waals surface area (Å²) in [6.45, 7) is 0.564. The summed E-state index contributed by atoms with van der Waals surface area (Å²) >= 11 is 0. The molecule has 1 saturated heterocycles. The van der Waals surface area contributed by atoms with Gasteiger partial charge in [-0.05, 0) is 18.9 Å². The van der Waals surface area contributed by atoms with E-state index < -0.39 is 36.7 Å². The van der Waals surface area contributed by atoms with Crippen LogP contribution >= 0.6 is 0 Å². The molecule has 1 aromatic rings. The summed E-state index contributed by atoms with van der Waals surface area (Å²) in [6.07, 6.45) is -4.13. The summed E-state index contributed by atoms with van der Waals surface area (Å²) in [5.74, 6) is -1.65. The average Bonchev–Trinajstić information content (AvgIpc) is 2.89. The van der Waals surface area contributed by atoms with Crippen LogP contribution in [0.4, 0.5) is 18.0 Å². The van der Waals surface area contributed by atoms with Gasteiger partial charge in [0.25, 0.3) is 0 Å². The van der Waals surface area contributed by atoms with Crippen LogP contribution in [0.25, 0.3) is 0 Å². The number of halogens is 3. The van der Waals surface area contributed by atoms with Crippen LogP contribution in [0.3, 0.4) is 0 Å². The number of carbonyl (C=O) groups is 2. The van der Waals surface area contributed by atoms with Crippen molar-refractivity contribution in [1.82, 2.24) is 9.80 Å². The van der Waals surface area contributed by atoms with Crippen LogP contribution in [-0.2, 0) is 4.79 Å². The highest BCUT2D eigenvalue weighted by Crippen LogP contribution is 2.35. The van der Waals surface area contributed by atoms with Gasteiger partial charge in [-0.25, -0.2) is 9.59 Å². The van der Waals surface area contributed by atoms with Gasteiger partial charge in [-0.15, -0.1) is 0 Å². The normalized spacial score (nSPS) is 21.0. The van der Waals surface area contributed by atoms with E-state index in [0.29, 0.717) is 11.3 Å². The maximum Gasteiger partial charge on any atom is 0.406 e. The van der Waals surface area contributed by atoms with E-state index in [2.05, 4.69) is 0 Å². The fourth-order valence-electron chi connectivity index (χ4n) is 3.12. The molecule has 24 heavy (non-hydrogen) atoms. The van der Waals surface area contributed by atoms with Crippen molar-refractivity contribution < 1.29 is 27.9 Å². The number of aryl methyl sites for hydroxylation is 1. The summed E-state index contributed by atoms with van der Waals surface area (Å²) in [4.78, 5) is 25.5. The van der Waals surface area contributed by atoms with E-state index in [1.54, 1.807) is 12.1 Å². The van der Waals surface area contributed by atoms with Gasteiger partial charge in [0.1, 0.15) is 12.6 Å². The van der Waals surface area contributed by atoms with Crippen molar-refractivity contribution in [3.63, 3.8) is 0 Å². The van der Waals surface area contributed by atoms with Gasteiger partial charge in [-0.3, -0.25) is 0 Å². The highest BCUT2D eigenvalue weighted by atomic mass is 19.4. The Morgan fingerprint density at radius 3 is 2.58 bits per heavy atom. The molecular formula is C16H19F3N2O3. The van der Waals surface area contributed by atoms with Crippen molar-refractivity contribution in [3.05, 3.63) is 35.4 Å². The third-order valence-corrected chi connectivity index (χ3v) is 4.11. The minimum atomic E-state index is -4.53. The van der Waals surface area contributed by atoms with E-state index in [4.69, 9.17) is 0 Å². The van der Waals surface area contributed by atoms with Crippen LogP contribution < -0.4 is 0 Å². The molecule has 1 heterocycles. The third kappa shape index (κ3) is 3.98. The largest absolute Gasteiger partial charge is 0.480 e. The predicted octanol–water partition coefficient (Wildman–Crippen LogP) is 2.85. The van der Waals surface area contributed by atoms with Gasteiger partial charge in [0.2, 0.25) is 0 Å². The molecule has 5 nitrogen and oxygen atoms in total. The van der Waals surface area contributed by atoms with Crippen molar-refractivity contribution in [2.75, 3.05) is 20.1 Å². The van der Waals surface area contributed by atoms with Crippen LogP contribution in [0.1, 0.15) is 23.5 Å². The molecule has 2 amide bonds. The van der Waals surface area contributed by atoms with Crippen molar-refractivity contribution in [2.24, 2.45) is 0 Å². The molecule has 2 unspecified atom stereocenters. The molecule has 8 heteroatoms. The molecule has 0 saturated carbocycles. The first-order valence-corrected chi connectivity index (χ1v) is 7.48. The molecule has 0 aliphatic carbocycles. The lowest BCUT2D eigenvalue weighted by atomic mass is 9.91. The third-order valence-electron chi connectivity index (χ3n) is 4.11. The second kappa shape index (κ2) is 6.70. The van der Waals surface area contributed by atoms with Crippen LogP contribution in [-0.4, -0.2) is 59.3 Å². The number of urea groups is 1. The summed E-state index contributed by atoms with van der Waals surface area (Å²) in [5, 5.41) is 9.51. The number of rotatable bonds is 3. The highest BCUT2D eigenvalue weighted by molar-refractivity contribution is 5.84. The first kappa shape index (κ1) is 18.1. The number of benzene rings is 1. The number of carboxylic acids is 1. The molecule has 2 rings (SSSR count). The van der Waals surface area contributed by atoms with Crippen LogP contribution in [0, 0.1) is 6.92 Å². The summed E-state index contributed by atoms with van der Waals surface area (Å²) < 4.78 is 37.4. The van der Waals surface area contributed by atoms with Gasteiger partial charge in [0.05, 0.1) is 0 Å². The molecule has 0 bridgehead atoms. The Morgan fingerprint density at radius 1 is 1.38 bits per heavy atom. The Balaban J connectivity index is 2.23. The maximum absolute atomic E-state index is 12.5. The quantitative estimate of drug-likeness (QED) is 0.917. The smallest absolute Gasteiger partial charge is 0.406 e. The first-order valence-electron chi connectivity index (χ1n) is 7.48. The lowest BCUT2D eigenvalue weighted by molar-refractivity contribution is -0.143. The topological polar surface area (TPSA) is 60.9 Å². The summed E-state index contributed by atoms with van der Waals surface area (Å²) in [5.41, 5.74) is 1.73. The Bertz CT molecular complexity index is 633. The second-order valence-corrected chi connectivity index (χ2v) is 6.04. The number of nitrogens with zero attached hydrogens (tertiary/aromatic N) is 2. The zero-order valence-electron chi connectivity index (χ0n) is 13.4. The van der Waals surface area contributed by atoms with E-state index >= 15 is 0 Å². The lowest BCUT2D eigenvalue weighted by Crippen LogP contribution is -2.50. The highest BCUT2D eigenvalue weighted by Gasteiger charge is 2.44. The fourth-order valence-corrected chi connectivity index (χ4v) is 3.12. The lowest BCUT2D eigenvalue weighted by Gasteiger charge is -2.29. The van der Waals surface area contributed by atoms with Gasteiger partial charge >= 0.3 is 18.2 Å². The molecule has 1 aliphatic rings. The van der Waals surface area contributed by atoms with Crippen molar-refractivity contribution in [3.8, 4) is 0 Å². The monoisotopic (exact) mass is 344 g/mol. The SMILES string of the molecule is Cc1cccc(C2CCN(C(=O)N(C)CC(F)(F)F)C2C(=O)O)c1. The number of carboxylic acid groups (broad SMARTS) is 1. The molecule has 0 aromatic heterocycles. The number of hydrogen-bond acceptors (Lipinski definition) is 2. The zero-order chi connectivity index (χ0) is 18.1. The first-order chi connectivity index (χ1) is 11.1. The van der Waals surface area contributed by atoms with E-state index in [0.717, 1.165) is 23.1 Å². The Labute approximate surface area is 137 Å². The fraction of sp³-hybridized carbons (Fsp3) is 0.500. The average molecular weight is 344 g/mol. The Hall–Kier alpha value is -2.25. The van der Waals surface area contributed by atoms with E-state index in [1.807, 2.05) is 19.1 Å². The molecule has 2 atom stereocenters. The maximum atomic E-state index is 12.5. The molecule has 1 fully saturated rings. The van der Waals surface area contributed by atoms with Crippen molar-refractivity contribution >= 4 is 12.0 Å². The van der Waals surface area contributed by atoms with Crippen LogP contribution in [0.2, 0.25) is 0 Å². The number of carbonyl (C=O) groups excluding carboxylic acids is 1. The standard InChI is InChI=1S/C16H19F3N2O3/c1-10-4-3-5-11(8-10)12-6-7-21(13(12)14(22)23)15(24)20(2)9-16(17,18)19/h3-5,8,12-13H,6-7,9H2,1-2H3,(H,22,23). The molecule has 1 N–H and O–H groups in total. The Kier molecular flexibility index (Phi) is 5.05. The molecule has 1 aliphatic heterocycles. The van der Waals surface area contributed by atoms with E-state index in [9.17, 15) is 27.9 Å². The summed E-state index contributed by atoms with van der Waals surface area (Å²) in [7, 11) is 1.02. The number of hydrogen-bond donors (Lipinski definition) is 1. The number of likely N-dealkylation sites (tertiary alicyclic amines) is 1. The predicted molar refractivity (Wildman–Crippen MR) is 80.7 cm³/mol. The number of alkyl halides is 3. The molecule has 0 spiro atoms. The van der Waals surface area contributed by atoms with Gasteiger partial charge < -0.3 is 14.9 Å². The van der Waals surface area contributed by atoms with Crippen LogP contribution in [0.15, 0.2) is 24.3 Å². The van der Waals surface area contributed by atoms with Crippen LogP contribution in [0.5, 0.6) is 0 Å². The van der Waals surface area contributed by atoms with Crippen molar-refractivity contribution in [1.29, 1.82) is 0 Å². The van der Waals surface area contributed by atoms with E-state index in [-0.39, 0.29) is 6.54 Å².